The van der Waals surface area contributed by atoms with Gasteiger partial charge in [-0.05, 0) is 35.9 Å². The molecule has 9 heteroatoms. The predicted molar refractivity (Wildman–Crippen MR) is 101 cm³/mol. The van der Waals surface area contributed by atoms with Crippen molar-refractivity contribution in [1.82, 2.24) is 0 Å². The van der Waals surface area contributed by atoms with Gasteiger partial charge >= 0.3 is 5.97 Å². The number of nitrogens with zero attached hydrogens (tertiary/aromatic N) is 1. The zero-order chi connectivity index (χ0) is 19.1. The normalized spacial score (nSPS) is 11.0. The van der Waals surface area contributed by atoms with Gasteiger partial charge in [-0.2, -0.15) is 0 Å². The first-order chi connectivity index (χ1) is 12.3. The summed E-state index contributed by atoms with van der Waals surface area (Å²) < 4.78 is 0. The molecule has 0 saturated carbocycles. The molecule has 2 N–H and O–H groups in total. The van der Waals surface area contributed by atoms with Crippen LogP contribution in [-0.4, -0.2) is 27.7 Å². The van der Waals surface area contributed by atoms with Crippen molar-refractivity contribution in [2.45, 2.75) is 0 Å². The van der Waals surface area contributed by atoms with Crippen LogP contribution in [0.4, 0.5) is 11.4 Å². The summed E-state index contributed by atoms with van der Waals surface area (Å²) in [5, 5.41) is 22.9. The Labute approximate surface area is 157 Å². The first kappa shape index (κ1) is 19.5. The van der Waals surface area contributed by atoms with Gasteiger partial charge in [-0.15, -0.1) is 11.8 Å². The second-order valence-corrected chi connectivity index (χ2v) is 6.46. The van der Waals surface area contributed by atoms with Gasteiger partial charge in [0, 0.05) is 22.8 Å². The number of carbonyl (C=O) groups is 2. The number of hydrogen-bond acceptors (Lipinski definition) is 5. The largest absolute Gasteiger partial charge is 0.477 e. The Morgan fingerprint density at radius 1 is 1.15 bits per heavy atom. The number of carbonyl (C=O) groups excluding carboxylic acids is 1. The number of nitrogens with one attached hydrogen (secondary N) is 1. The Morgan fingerprint density at radius 3 is 2.31 bits per heavy atom. The number of hydrogen-bond donors (Lipinski definition) is 2. The van der Waals surface area contributed by atoms with Gasteiger partial charge in [0.25, 0.3) is 5.69 Å². The highest BCUT2D eigenvalue weighted by Crippen LogP contribution is 2.22. The maximum atomic E-state index is 12.0. The van der Waals surface area contributed by atoms with E-state index in [9.17, 15) is 24.8 Å². The van der Waals surface area contributed by atoms with Gasteiger partial charge in [-0.3, -0.25) is 14.9 Å². The third-order valence-corrected chi connectivity index (χ3v) is 4.36. The van der Waals surface area contributed by atoms with Crippen LogP contribution < -0.4 is 5.32 Å². The molecule has 0 aliphatic rings. The van der Waals surface area contributed by atoms with Gasteiger partial charge in [0.1, 0.15) is 0 Å². The molecule has 0 aromatic heterocycles. The lowest BCUT2D eigenvalue weighted by atomic mass is 10.2. The zero-order valence-electron chi connectivity index (χ0n) is 13.2. The van der Waals surface area contributed by atoms with E-state index < -0.39 is 16.8 Å². The van der Waals surface area contributed by atoms with E-state index in [4.69, 9.17) is 11.6 Å². The van der Waals surface area contributed by atoms with Gasteiger partial charge < -0.3 is 10.4 Å². The van der Waals surface area contributed by atoms with Crippen LogP contribution in [0, 0.1) is 10.1 Å². The number of benzene rings is 2. The fourth-order valence-corrected chi connectivity index (χ4v) is 2.71. The first-order valence-corrected chi connectivity index (χ1v) is 8.59. The van der Waals surface area contributed by atoms with Crippen LogP contribution in [0.2, 0.25) is 5.02 Å². The Morgan fingerprint density at radius 2 is 1.77 bits per heavy atom. The number of anilines is 1. The van der Waals surface area contributed by atoms with Crippen molar-refractivity contribution in [3.05, 3.63) is 74.1 Å². The Hall–Kier alpha value is -2.84. The molecule has 0 aliphatic heterocycles. The van der Waals surface area contributed by atoms with Crippen LogP contribution in [0.5, 0.6) is 0 Å². The van der Waals surface area contributed by atoms with Crippen LogP contribution >= 0.6 is 23.4 Å². The van der Waals surface area contributed by atoms with E-state index >= 15 is 0 Å². The number of carboxylic acid groups (broad SMARTS) is 1. The van der Waals surface area contributed by atoms with E-state index in [-0.39, 0.29) is 16.3 Å². The topological polar surface area (TPSA) is 110 Å². The molecule has 0 radical (unpaired) electrons. The Kier molecular flexibility index (Phi) is 6.76. The lowest BCUT2D eigenvalue weighted by molar-refractivity contribution is -0.384. The monoisotopic (exact) mass is 392 g/mol. The van der Waals surface area contributed by atoms with Gasteiger partial charge in [-0.25, -0.2) is 4.79 Å². The fourth-order valence-electron chi connectivity index (χ4n) is 1.88. The third kappa shape index (κ3) is 5.91. The number of nitro benzene ring substituents is 1. The van der Waals surface area contributed by atoms with Gasteiger partial charge in [0.2, 0.25) is 5.91 Å². The number of carboxylic acids is 1. The van der Waals surface area contributed by atoms with E-state index in [0.717, 1.165) is 11.8 Å². The third-order valence-electron chi connectivity index (χ3n) is 3.10. The molecule has 0 atom stereocenters. The number of aliphatic carboxylic acids is 1. The molecule has 0 aliphatic carbocycles. The molecule has 134 valence electrons. The number of non-ortho nitro benzene ring substituents is 1. The summed E-state index contributed by atoms with van der Waals surface area (Å²) in [6.45, 7) is 0. The van der Waals surface area contributed by atoms with Crippen LogP contribution in [0.3, 0.4) is 0 Å². The average molecular weight is 393 g/mol. The van der Waals surface area contributed by atoms with Crippen molar-refractivity contribution in [3.8, 4) is 0 Å². The number of thioether (sulfide) groups is 1. The highest BCUT2D eigenvalue weighted by atomic mass is 35.5. The minimum absolute atomic E-state index is 0.00571. The van der Waals surface area contributed by atoms with Crippen LogP contribution in [0.15, 0.2) is 53.4 Å². The van der Waals surface area contributed by atoms with E-state index in [0.29, 0.717) is 16.3 Å². The number of nitro groups is 1. The van der Waals surface area contributed by atoms with Crippen molar-refractivity contribution >= 4 is 52.7 Å². The number of halogens is 1. The molecular formula is C17H13ClN2O5S. The van der Waals surface area contributed by atoms with Gasteiger partial charge in [0.15, 0.2) is 0 Å². The van der Waals surface area contributed by atoms with E-state index in [1.807, 2.05) is 0 Å². The van der Waals surface area contributed by atoms with Crippen LogP contribution in [0.25, 0.3) is 6.08 Å². The van der Waals surface area contributed by atoms with Crippen LogP contribution in [0.1, 0.15) is 5.56 Å². The van der Waals surface area contributed by atoms with Gasteiger partial charge in [-0.1, -0.05) is 23.7 Å². The van der Waals surface area contributed by atoms with Crippen molar-refractivity contribution in [2.75, 3.05) is 11.1 Å². The second kappa shape index (κ2) is 9.02. The lowest BCUT2D eigenvalue weighted by Gasteiger charge is -2.06. The number of amides is 1. The molecule has 0 unspecified atom stereocenters. The molecule has 26 heavy (non-hydrogen) atoms. The standard InChI is InChI=1S/C17H13ClN2O5S/c18-12-3-1-11(2-4-12)9-15(17(22)23)26-10-16(21)19-13-5-7-14(8-6-13)20(24)25/h1-9H,10H2,(H,19,21)(H,22,23)/b15-9+. The molecule has 0 saturated heterocycles. The maximum absolute atomic E-state index is 12.0. The quantitative estimate of drug-likeness (QED) is 0.418. The van der Waals surface area contributed by atoms with Crippen molar-refractivity contribution in [3.63, 3.8) is 0 Å². The van der Waals surface area contributed by atoms with Crippen molar-refractivity contribution in [2.24, 2.45) is 0 Å². The molecule has 0 spiro atoms. The zero-order valence-corrected chi connectivity index (χ0v) is 14.8. The summed E-state index contributed by atoms with van der Waals surface area (Å²) in [5.41, 5.74) is 0.950. The van der Waals surface area contributed by atoms with Crippen molar-refractivity contribution in [1.29, 1.82) is 0 Å². The van der Waals surface area contributed by atoms with Gasteiger partial charge in [0.05, 0.1) is 15.6 Å². The van der Waals surface area contributed by atoms with Crippen LogP contribution in [-0.2, 0) is 9.59 Å². The summed E-state index contributed by atoms with van der Waals surface area (Å²) in [6.07, 6.45) is 1.45. The molecule has 7 nitrogen and oxygen atoms in total. The molecule has 0 bridgehead atoms. The van der Waals surface area contributed by atoms with E-state index in [2.05, 4.69) is 5.32 Å². The summed E-state index contributed by atoms with van der Waals surface area (Å²) >= 11 is 6.66. The maximum Gasteiger partial charge on any atom is 0.342 e. The molecular weight excluding hydrogens is 380 g/mol. The molecule has 1 amide bonds. The summed E-state index contributed by atoms with van der Waals surface area (Å²) in [7, 11) is 0. The summed E-state index contributed by atoms with van der Waals surface area (Å²) in [4.78, 5) is 33.3. The fraction of sp³-hybridized carbons (Fsp3) is 0.0588. The lowest BCUT2D eigenvalue weighted by Crippen LogP contribution is -2.15. The average Bonchev–Trinajstić information content (AvgIpc) is 2.60. The van der Waals surface area contributed by atoms with E-state index in [1.54, 1.807) is 24.3 Å². The minimum Gasteiger partial charge on any atom is -0.477 e. The number of rotatable bonds is 7. The highest BCUT2D eigenvalue weighted by Gasteiger charge is 2.12. The minimum atomic E-state index is -1.15. The Bertz CT molecular complexity index is 850. The smallest absolute Gasteiger partial charge is 0.342 e. The molecule has 0 fully saturated rings. The summed E-state index contributed by atoms with van der Waals surface area (Å²) in [6, 6.07) is 12.0. The molecule has 2 aromatic rings. The highest BCUT2D eigenvalue weighted by molar-refractivity contribution is 8.04. The second-order valence-electron chi connectivity index (χ2n) is 5.01. The van der Waals surface area contributed by atoms with Crippen molar-refractivity contribution < 1.29 is 19.6 Å². The Balaban J connectivity index is 1.97. The molecule has 2 rings (SSSR count). The first-order valence-electron chi connectivity index (χ1n) is 7.23. The summed E-state index contributed by atoms with van der Waals surface area (Å²) in [5.74, 6) is -1.69. The molecule has 0 heterocycles. The molecule has 2 aromatic carbocycles. The SMILES string of the molecule is O=C(CS/C(=C/c1ccc(Cl)cc1)C(=O)O)Nc1ccc([N+](=O)[O-])cc1. The predicted octanol–water partition coefficient (Wildman–Crippen LogP) is 4.05. The van der Waals surface area contributed by atoms with E-state index in [1.165, 1.54) is 30.3 Å².